The standard InChI is InChI=1S/C17H20F2N2O3.C8H10O/c1-16-9-11-10(8-13(16)17(16,18)19)15(12(23)5-6-22)20-21(11)14-4-2-3-7-24-14;1-9-7-8-5-3-2-4-6-8/h6,13-14H,2-5,7-9H2,1H3;2-6H,7H2,1H3/t13-,14?,16?;/m0./s1. The number of aromatic nitrogens is 2. The predicted octanol–water partition coefficient (Wildman–Crippen LogP) is 4.56. The van der Waals surface area contributed by atoms with Gasteiger partial charge in [0.1, 0.15) is 18.2 Å². The van der Waals surface area contributed by atoms with Crippen molar-refractivity contribution in [1.82, 2.24) is 9.78 Å². The van der Waals surface area contributed by atoms with Gasteiger partial charge in [0.25, 0.3) is 5.92 Å². The van der Waals surface area contributed by atoms with Gasteiger partial charge in [-0.3, -0.25) is 4.79 Å². The first-order chi connectivity index (χ1) is 15.8. The SMILES string of the molecule is CC12Cc3c(c(C(=O)CC=O)nn3C3CCCCO3)C[C@@H]1C2(F)F.COCc1ccccc1. The third-order valence-corrected chi connectivity index (χ3v) is 7.06. The van der Waals surface area contributed by atoms with Gasteiger partial charge >= 0.3 is 0 Å². The van der Waals surface area contributed by atoms with Gasteiger partial charge in [-0.25, -0.2) is 13.5 Å². The number of hydrogen-bond acceptors (Lipinski definition) is 5. The lowest BCUT2D eigenvalue weighted by molar-refractivity contribution is -0.107. The fourth-order valence-corrected chi connectivity index (χ4v) is 5.02. The van der Waals surface area contributed by atoms with Crippen LogP contribution in [-0.4, -0.2) is 41.5 Å². The van der Waals surface area contributed by atoms with E-state index >= 15 is 0 Å². The van der Waals surface area contributed by atoms with Gasteiger partial charge in [0, 0.05) is 42.7 Å². The van der Waals surface area contributed by atoms with Gasteiger partial charge in [-0.1, -0.05) is 37.3 Å². The van der Waals surface area contributed by atoms with Gasteiger partial charge in [0.15, 0.2) is 5.78 Å². The smallest absolute Gasteiger partial charge is 0.258 e. The minimum atomic E-state index is -2.71. The molecule has 1 aromatic heterocycles. The van der Waals surface area contributed by atoms with Gasteiger partial charge < -0.3 is 14.3 Å². The second kappa shape index (κ2) is 9.43. The predicted molar refractivity (Wildman–Crippen MR) is 117 cm³/mol. The van der Waals surface area contributed by atoms with E-state index < -0.39 is 23.0 Å². The molecule has 2 fully saturated rings. The van der Waals surface area contributed by atoms with Crippen LogP contribution in [-0.2, 0) is 33.7 Å². The van der Waals surface area contributed by atoms with E-state index in [1.54, 1.807) is 18.7 Å². The number of hydrogen-bond donors (Lipinski definition) is 0. The van der Waals surface area contributed by atoms with Crippen LogP contribution in [0.1, 0.15) is 66.1 Å². The Morgan fingerprint density at radius 1 is 1.30 bits per heavy atom. The molecule has 2 aromatic rings. The Hall–Kier alpha value is -2.45. The Bertz CT molecular complexity index is 1000. The topological polar surface area (TPSA) is 70.4 Å². The van der Waals surface area contributed by atoms with Gasteiger partial charge in [-0.2, -0.15) is 5.10 Å². The quantitative estimate of drug-likeness (QED) is 0.359. The number of ketones is 1. The highest BCUT2D eigenvalue weighted by Gasteiger charge is 2.78. The monoisotopic (exact) mass is 460 g/mol. The molecule has 6 nitrogen and oxygen atoms in total. The molecule has 0 N–H and O–H groups in total. The second-order valence-electron chi connectivity index (χ2n) is 9.23. The van der Waals surface area contributed by atoms with Gasteiger partial charge in [0.2, 0.25) is 0 Å². The number of benzene rings is 1. The Morgan fingerprint density at radius 3 is 2.70 bits per heavy atom. The molecular formula is C25H30F2N2O4. The number of Topliss-reactive ketones (excluding diaryl/α,β-unsaturated/α-hetero) is 1. The Kier molecular flexibility index (Phi) is 6.77. The Balaban J connectivity index is 0.000000243. The maximum Gasteiger partial charge on any atom is 0.258 e. The largest absolute Gasteiger partial charge is 0.380 e. The van der Waals surface area contributed by atoms with Crippen molar-refractivity contribution in [3.05, 3.63) is 52.8 Å². The lowest BCUT2D eigenvalue weighted by Crippen LogP contribution is -2.24. The van der Waals surface area contributed by atoms with Crippen LogP contribution < -0.4 is 0 Å². The van der Waals surface area contributed by atoms with Crippen LogP contribution >= 0.6 is 0 Å². The van der Waals surface area contributed by atoms with E-state index in [0.717, 1.165) is 19.3 Å². The molecule has 1 aromatic carbocycles. The normalized spacial score (nSPS) is 26.9. The molecule has 8 heteroatoms. The first-order valence-corrected chi connectivity index (χ1v) is 11.4. The van der Waals surface area contributed by atoms with E-state index in [1.165, 1.54) is 5.56 Å². The van der Waals surface area contributed by atoms with Crippen LogP contribution in [0.5, 0.6) is 0 Å². The molecule has 3 aliphatic rings. The van der Waals surface area contributed by atoms with Crippen molar-refractivity contribution in [2.45, 2.75) is 64.2 Å². The van der Waals surface area contributed by atoms with Gasteiger partial charge in [-0.05, 0) is 31.2 Å². The highest BCUT2D eigenvalue weighted by molar-refractivity contribution is 6.02. The first-order valence-electron chi connectivity index (χ1n) is 11.4. The molecule has 5 rings (SSSR count). The molecule has 1 saturated carbocycles. The number of rotatable bonds is 6. The maximum atomic E-state index is 14.2. The molecule has 0 spiro atoms. The zero-order chi connectivity index (χ0) is 23.6. The highest BCUT2D eigenvalue weighted by atomic mass is 19.3. The van der Waals surface area contributed by atoms with Crippen molar-refractivity contribution in [2.24, 2.45) is 11.3 Å². The summed E-state index contributed by atoms with van der Waals surface area (Å²) < 4.78 is 40.7. The summed E-state index contributed by atoms with van der Waals surface area (Å²) in [6.07, 6.45) is 3.00. The van der Waals surface area contributed by atoms with Crippen LogP contribution in [0.25, 0.3) is 0 Å². The zero-order valence-corrected chi connectivity index (χ0v) is 19.1. The Labute approximate surface area is 192 Å². The first kappa shape index (κ1) is 23.7. The number of carbonyl (C=O) groups is 2. The second-order valence-corrected chi connectivity index (χ2v) is 9.23. The molecule has 2 aliphatic carbocycles. The number of nitrogens with zero attached hydrogens (tertiary/aromatic N) is 2. The summed E-state index contributed by atoms with van der Waals surface area (Å²) in [5, 5.41) is 4.41. The summed E-state index contributed by atoms with van der Waals surface area (Å²) in [7, 11) is 1.70. The van der Waals surface area contributed by atoms with Crippen molar-refractivity contribution in [2.75, 3.05) is 13.7 Å². The molecule has 0 radical (unpaired) electrons. The highest BCUT2D eigenvalue weighted by Crippen LogP contribution is 2.70. The van der Waals surface area contributed by atoms with E-state index in [9.17, 15) is 18.4 Å². The molecule has 178 valence electrons. The van der Waals surface area contributed by atoms with Crippen molar-refractivity contribution >= 4 is 12.1 Å². The van der Waals surface area contributed by atoms with Crippen molar-refractivity contribution < 1.29 is 27.8 Å². The van der Waals surface area contributed by atoms with Crippen molar-refractivity contribution in [1.29, 1.82) is 0 Å². The lowest BCUT2D eigenvalue weighted by atomic mass is 9.86. The summed E-state index contributed by atoms with van der Waals surface area (Å²) in [5.41, 5.74) is 1.62. The fourth-order valence-electron chi connectivity index (χ4n) is 5.02. The van der Waals surface area contributed by atoms with Crippen LogP contribution in [0.2, 0.25) is 0 Å². The van der Waals surface area contributed by atoms with E-state index in [-0.39, 0.29) is 31.2 Å². The number of carbonyl (C=O) groups excluding carboxylic acids is 2. The van der Waals surface area contributed by atoms with E-state index in [1.807, 2.05) is 30.3 Å². The average Bonchev–Trinajstić information content (AvgIpc) is 3.07. The minimum Gasteiger partial charge on any atom is -0.380 e. The molecule has 0 bridgehead atoms. The number of methoxy groups -OCH3 is 1. The molecule has 2 unspecified atom stereocenters. The van der Waals surface area contributed by atoms with Gasteiger partial charge in [-0.15, -0.1) is 0 Å². The summed E-state index contributed by atoms with van der Waals surface area (Å²) in [6.45, 7) is 2.92. The minimum absolute atomic E-state index is 0.144. The lowest BCUT2D eigenvalue weighted by Gasteiger charge is -2.26. The molecule has 33 heavy (non-hydrogen) atoms. The number of ether oxygens (including phenoxy) is 2. The van der Waals surface area contributed by atoms with Crippen LogP contribution in [0.3, 0.4) is 0 Å². The summed E-state index contributed by atoms with van der Waals surface area (Å²) in [6, 6.07) is 10.1. The molecular weight excluding hydrogens is 430 g/mol. The molecule has 0 amide bonds. The van der Waals surface area contributed by atoms with Crippen molar-refractivity contribution in [3.8, 4) is 0 Å². The summed E-state index contributed by atoms with van der Waals surface area (Å²) >= 11 is 0. The zero-order valence-electron chi connectivity index (χ0n) is 19.1. The Morgan fingerprint density at radius 2 is 2.06 bits per heavy atom. The van der Waals surface area contributed by atoms with Gasteiger partial charge in [0.05, 0.1) is 13.0 Å². The van der Waals surface area contributed by atoms with E-state index in [4.69, 9.17) is 9.47 Å². The summed E-state index contributed by atoms with van der Waals surface area (Å²) in [4.78, 5) is 22.9. The van der Waals surface area contributed by atoms with E-state index in [2.05, 4.69) is 5.10 Å². The maximum absolute atomic E-state index is 14.2. The number of halogens is 2. The fraction of sp³-hybridized carbons (Fsp3) is 0.560. The van der Waals surface area contributed by atoms with Crippen molar-refractivity contribution in [3.63, 3.8) is 0 Å². The van der Waals surface area contributed by atoms with Crippen LogP contribution in [0.15, 0.2) is 30.3 Å². The summed E-state index contributed by atoms with van der Waals surface area (Å²) in [5.74, 6) is -3.86. The number of alkyl halides is 2. The van der Waals surface area contributed by atoms with Crippen LogP contribution in [0, 0.1) is 11.3 Å². The third-order valence-electron chi connectivity index (χ3n) is 7.06. The molecule has 2 heterocycles. The number of aldehydes is 1. The molecule has 3 atom stereocenters. The van der Waals surface area contributed by atoms with Crippen LogP contribution in [0.4, 0.5) is 8.78 Å². The van der Waals surface area contributed by atoms with E-state index in [0.29, 0.717) is 30.8 Å². The third kappa shape index (κ3) is 4.38. The number of fused-ring (bicyclic) bond motifs is 2. The molecule has 1 saturated heterocycles. The average molecular weight is 461 g/mol. The molecule has 1 aliphatic heterocycles.